The van der Waals surface area contributed by atoms with Gasteiger partial charge in [0.2, 0.25) is 10.0 Å². The molecule has 4 nitrogen and oxygen atoms in total. The van der Waals surface area contributed by atoms with Crippen LogP contribution in [0.15, 0.2) is 53.4 Å². The van der Waals surface area contributed by atoms with Gasteiger partial charge in [-0.25, -0.2) is 13.1 Å². The molecule has 0 aliphatic heterocycles. The monoisotopic (exact) mass is 328 g/mol. The molecule has 0 bridgehead atoms. The molecule has 0 aromatic heterocycles. The van der Waals surface area contributed by atoms with E-state index in [2.05, 4.69) is 25.5 Å². The molecule has 0 aliphatic rings. The van der Waals surface area contributed by atoms with Crippen LogP contribution in [-0.2, 0) is 22.0 Å². The molecule has 0 aliphatic carbocycles. The minimum atomic E-state index is -3.58. The van der Waals surface area contributed by atoms with Crippen LogP contribution in [0, 0.1) is 11.3 Å². The first-order valence-corrected chi connectivity index (χ1v) is 8.80. The van der Waals surface area contributed by atoms with Crippen LogP contribution in [0.2, 0.25) is 0 Å². The number of benzene rings is 2. The molecule has 0 fully saturated rings. The van der Waals surface area contributed by atoms with E-state index in [9.17, 15) is 8.42 Å². The zero-order valence-electron chi connectivity index (χ0n) is 13.5. The Kier molecular flexibility index (Phi) is 4.88. The number of sulfonamides is 1. The molecule has 0 spiro atoms. The lowest BCUT2D eigenvalue weighted by Gasteiger charge is -2.19. The Morgan fingerprint density at radius 3 is 2.04 bits per heavy atom. The summed E-state index contributed by atoms with van der Waals surface area (Å²) in [6.45, 7) is 6.63. The Morgan fingerprint density at radius 1 is 1.00 bits per heavy atom. The highest BCUT2D eigenvalue weighted by atomic mass is 32.2. The van der Waals surface area contributed by atoms with Crippen LogP contribution in [0.4, 0.5) is 0 Å². The second-order valence-electron chi connectivity index (χ2n) is 6.41. The Bertz CT molecular complexity index is 809. The molecule has 0 heterocycles. The van der Waals surface area contributed by atoms with Crippen LogP contribution < -0.4 is 4.72 Å². The third-order valence-corrected chi connectivity index (χ3v) is 5.00. The molecule has 23 heavy (non-hydrogen) atoms. The van der Waals surface area contributed by atoms with Gasteiger partial charge in [0, 0.05) is 6.54 Å². The smallest absolute Gasteiger partial charge is 0.207 e. The molecule has 0 saturated carbocycles. The van der Waals surface area contributed by atoms with Gasteiger partial charge in [-0.3, -0.25) is 0 Å². The van der Waals surface area contributed by atoms with Crippen molar-refractivity contribution in [3.63, 3.8) is 0 Å². The van der Waals surface area contributed by atoms with Crippen LogP contribution >= 0.6 is 0 Å². The quantitative estimate of drug-likeness (QED) is 0.936. The van der Waals surface area contributed by atoms with Crippen LogP contribution in [0.1, 0.15) is 37.5 Å². The van der Waals surface area contributed by atoms with Gasteiger partial charge in [0.05, 0.1) is 16.5 Å². The van der Waals surface area contributed by atoms with Crippen LogP contribution in [0.25, 0.3) is 0 Å². The largest absolute Gasteiger partial charge is 0.240 e. The summed E-state index contributed by atoms with van der Waals surface area (Å²) < 4.78 is 27.1. The SMILES string of the molecule is CC(C)(C)c1ccc(CNS(=O)(=O)c2ccc(C#N)cc2)cc1. The van der Waals surface area contributed by atoms with Crippen molar-refractivity contribution < 1.29 is 8.42 Å². The Labute approximate surface area is 137 Å². The highest BCUT2D eigenvalue weighted by molar-refractivity contribution is 7.89. The highest BCUT2D eigenvalue weighted by Gasteiger charge is 2.15. The van der Waals surface area contributed by atoms with Gasteiger partial charge in [0.25, 0.3) is 0 Å². The van der Waals surface area contributed by atoms with Crippen molar-refractivity contribution in [3.8, 4) is 6.07 Å². The zero-order valence-corrected chi connectivity index (χ0v) is 14.3. The molecule has 120 valence electrons. The topological polar surface area (TPSA) is 70.0 Å². The number of nitrogens with one attached hydrogen (secondary N) is 1. The van der Waals surface area contributed by atoms with E-state index in [4.69, 9.17) is 5.26 Å². The average molecular weight is 328 g/mol. The van der Waals surface area contributed by atoms with Crippen LogP contribution in [0.5, 0.6) is 0 Å². The third kappa shape index (κ3) is 4.41. The molecule has 0 amide bonds. The van der Waals surface area contributed by atoms with Gasteiger partial charge in [-0.2, -0.15) is 5.26 Å². The van der Waals surface area contributed by atoms with Crippen molar-refractivity contribution in [1.29, 1.82) is 5.26 Å². The molecule has 2 aromatic rings. The third-order valence-electron chi connectivity index (χ3n) is 3.58. The lowest BCUT2D eigenvalue weighted by molar-refractivity contribution is 0.580. The fourth-order valence-corrected chi connectivity index (χ4v) is 3.11. The maximum atomic E-state index is 12.2. The van der Waals surface area contributed by atoms with Gasteiger partial charge in [0.15, 0.2) is 0 Å². The van der Waals surface area contributed by atoms with E-state index in [0.717, 1.165) is 5.56 Å². The Hall–Kier alpha value is -2.16. The van der Waals surface area contributed by atoms with Crippen LogP contribution in [0.3, 0.4) is 0 Å². The Morgan fingerprint density at radius 2 is 1.57 bits per heavy atom. The van der Waals surface area contributed by atoms with Crippen molar-refractivity contribution in [2.24, 2.45) is 0 Å². The zero-order chi connectivity index (χ0) is 17.1. The van der Waals surface area contributed by atoms with E-state index in [-0.39, 0.29) is 16.9 Å². The fraction of sp³-hybridized carbons (Fsp3) is 0.278. The highest BCUT2D eigenvalue weighted by Crippen LogP contribution is 2.22. The molecule has 2 rings (SSSR count). The van der Waals surface area contributed by atoms with Gasteiger partial charge in [-0.15, -0.1) is 0 Å². The van der Waals surface area contributed by atoms with Crippen molar-refractivity contribution in [3.05, 3.63) is 65.2 Å². The summed E-state index contributed by atoms with van der Waals surface area (Å²) >= 11 is 0. The first-order chi connectivity index (χ1) is 10.7. The number of nitriles is 1. The van der Waals surface area contributed by atoms with E-state index in [1.54, 1.807) is 0 Å². The lowest BCUT2D eigenvalue weighted by Crippen LogP contribution is -2.23. The fourth-order valence-electron chi connectivity index (χ4n) is 2.09. The maximum absolute atomic E-state index is 12.2. The van der Waals surface area contributed by atoms with E-state index in [1.165, 1.54) is 29.8 Å². The summed E-state index contributed by atoms with van der Waals surface area (Å²) in [5.74, 6) is 0. The standard InChI is InChI=1S/C18H20N2O2S/c1-18(2,3)16-8-4-15(5-9-16)13-20-23(21,22)17-10-6-14(12-19)7-11-17/h4-11,20H,13H2,1-3H3. The van der Waals surface area contributed by atoms with Gasteiger partial charge >= 0.3 is 0 Å². The van der Waals surface area contributed by atoms with Gasteiger partial charge in [-0.05, 0) is 40.8 Å². The normalized spacial score (nSPS) is 11.9. The minimum Gasteiger partial charge on any atom is -0.207 e. The van der Waals surface area contributed by atoms with Crippen LogP contribution in [-0.4, -0.2) is 8.42 Å². The predicted molar refractivity (Wildman–Crippen MR) is 90.3 cm³/mol. The van der Waals surface area contributed by atoms with E-state index < -0.39 is 10.0 Å². The van der Waals surface area contributed by atoms with Crippen molar-refractivity contribution in [2.75, 3.05) is 0 Å². The first-order valence-electron chi connectivity index (χ1n) is 7.32. The molecule has 0 saturated heterocycles. The van der Waals surface area contributed by atoms with Crippen molar-refractivity contribution in [2.45, 2.75) is 37.6 Å². The van der Waals surface area contributed by atoms with Gasteiger partial charge in [-0.1, -0.05) is 45.0 Å². The van der Waals surface area contributed by atoms with Gasteiger partial charge in [0.1, 0.15) is 0 Å². The minimum absolute atomic E-state index is 0.0700. The summed E-state index contributed by atoms with van der Waals surface area (Å²) in [6, 6.07) is 15.7. The summed E-state index contributed by atoms with van der Waals surface area (Å²) in [6.07, 6.45) is 0. The summed E-state index contributed by atoms with van der Waals surface area (Å²) in [5, 5.41) is 8.75. The molecular formula is C18H20N2O2S. The first kappa shape index (κ1) is 17.2. The lowest BCUT2D eigenvalue weighted by atomic mass is 9.87. The number of hydrogen-bond donors (Lipinski definition) is 1. The second-order valence-corrected chi connectivity index (χ2v) is 8.17. The number of hydrogen-bond acceptors (Lipinski definition) is 3. The molecule has 0 atom stereocenters. The van der Waals surface area contributed by atoms with E-state index in [0.29, 0.717) is 5.56 Å². The average Bonchev–Trinajstić information content (AvgIpc) is 2.53. The number of rotatable bonds is 4. The van der Waals surface area contributed by atoms with Crippen molar-refractivity contribution >= 4 is 10.0 Å². The summed E-state index contributed by atoms with van der Waals surface area (Å²) in [7, 11) is -3.58. The molecule has 1 N–H and O–H groups in total. The molecule has 5 heteroatoms. The molecule has 2 aromatic carbocycles. The summed E-state index contributed by atoms with van der Waals surface area (Å²) in [5.41, 5.74) is 2.61. The second kappa shape index (κ2) is 6.53. The van der Waals surface area contributed by atoms with E-state index >= 15 is 0 Å². The predicted octanol–water partition coefficient (Wildman–Crippen LogP) is 3.33. The van der Waals surface area contributed by atoms with Gasteiger partial charge < -0.3 is 0 Å². The number of nitrogens with zero attached hydrogens (tertiary/aromatic N) is 1. The van der Waals surface area contributed by atoms with E-state index in [1.807, 2.05) is 30.3 Å². The van der Waals surface area contributed by atoms with Crippen molar-refractivity contribution in [1.82, 2.24) is 4.72 Å². The maximum Gasteiger partial charge on any atom is 0.240 e. The molecule has 0 radical (unpaired) electrons. The Balaban J connectivity index is 2.08. The summed E-state index contributed by atoms with van der Waals surface area (Å²) in [4.78, 5) is 0.155. The molecular weight excluding hydrogens is 308 g/mol. The molecule has 0 unspecified atom stereocenters.